The molecular formula is C25H25N3O5S. The fraction of sp³-hybridized carbons (Fsp3) is 0.320. The zero-order valence-corrected chi connectivity index (χ0v) is 19.8. The van der Waals surface area contributed by atoms with Gasteiger partial charge in [0.1, 0.15) is 5.76 Å². The quantitative estimate of drug-likeness (QED) is 0.522. The number of nitrogens with zero attached hydrogens (tertiary/aromatic N) is 3. The zero-order chi connectivity index (χ0) is 23.7. The molecule has 0 saturated carbocycles. The molecule has 176 valence electrons. The maximum atomic E-state index is 13.6. The van der Waals surface area contributed by atoms with Crippen LogP contribution in [0, 0.1) is 0 Å². The summed E-state index contributed by atoms with van der Waals surface area (Å²) in [6.07, 6.45) is 1.74. The fourth-order valence-corrected chi connectivity index (χ4v) is 5.27. The van der Waals surface area contributed by atoms with Crippen molar-refractivity contribution in [2.75, 3.05) is 37.8 Å². The molecule has 2 aromatic heterocycles. The van der Waals surface area contributed by atoms with Gasteiger partial charge < -0.3 is 18.8 Å². The molecule has 3 aromatic rings. The van der Waals surface area contributed by atoms with Gasteiger partial charge in [-0.3, -0.25) is 9.36 Å². The molecule has 0 aliphatic carbocycles. The van der Waals surface area contributed by atoms with Gasteiger partial charge in [-0.05, 0) is 25.5 Å². The van der Waals surface area contributed by atoms with Gasteiger partial charge in [-0.2, -0.15) is 0 Å². The third kappa shape index (κ3) is 4.12. The van der Waals surface area contributed by atoms with Crippen molar-refractivity contribution in [3.63, 3.8) is 0 Å². The zero-order valence-electron chi connectivity index (χ0n) is 19.0. The third-order valence-electron chi connectivity index (χ3n) is 5.84. The van der Waals surface area contributed by atoms with E-state index in [1.165, 1.54) is 11.3 Å². The summed E-state index contributed by atoms with van der Waals surface area (Å²) >= 11 is 1.28. The van der Waals surface area contributed by atoms with Gasteiger partial charge in [-0.1, -0.05) is 41.7 Å². The Morgan fingerprint density at radius 3 is 2.71 bits per heavy atom. The Morgan fingerprint density at radius 1 is 1.21 bits per heavy atom. The molecule has 0 spiro atoms. The van der Waals surface area contributed by atoms with Crippen LogP contribution in [0.4, 0.5) is 5.88 Å². The minimum Gasteiger partial charge on any atom is -0.463 e. The third-order valence-corrected chi connectivity index (χ3v) is 6.82. The van der Waals surface area contributed by atoms with Crippen molar-refractivity contribution in [1.82, 2.24) is 4.57 Å². The predicted octanol–water partition coefficient (Wildman–Crippen LogP) is 2.23. The Hall–Kier alpha value is -3.43. The number of benzene rings is 1. The fourth-order valence-electron chi connectivity index (χ4n) is 4.24. The second kappa shape index (κ2) is 9.44. The molecule has 8 nitrogen and oxygen atoms in total. The first-order valence-corrected chi connectivity index (χ1v) is 12.1. The molecule has 1 saturated heterocycles. The van der Waals surface area contributed by atoms with Gasteiger partial charge in [0, 0.05) is 25.2 Å². The number of esters is 1. The Labute approximate surface area is 200 Å². The topological polar surface area (TPSA) is 86.3 Å². The van der Waals surface area contributed by atoms with Gasteiger partial charge in [-0.15, -0.1) is 0 Å². The first-order valence-electron chi connectivity index (χ1n) is 11.2. The molecule has 0 N–H and O–H groups in total. The van der Waals surface area contributed by atoms with E-state index >= 15 is 0 Å². The molecule has 34 heavy (non-hydrogen) atoms. The van der Waals surface area contributed by atoms with Crippen molar-refractivity contribution in [3.8, 4) is 0 Å². The molecule has 2 aliphatic rings. The van der Waals surface area contributed by atoms with Gasteiger partial charge in [0.05, 0.1) is 41.7 Å². The van der Waals surface area contributed by atoms with Gasteiger partial charge in [-0.25, -0.2) is 9.79 Å². The van der Waals surface area contributed by atoms with Gasteiger partial charge in [0.15, 0.2) is 10.7 Å². The molecule has 1 atom stereocenters. The van der Waals surface area contributed by atoms with E-state index in [1.54, 1.807) is 24.5 Å². The smallest absolute Gasteiger partial charge is 0.338 e. The predicted molar refractivity (Wildman–Crippen MR) is 129 cm³/mol. The van der Waals surface area contributed by atoms with E-state index in [9.17, 15) is 9.59 Å². The first kappa shape index (κ1) is 22.4. The Morgan fingerprint density at radius 2 is 1.97 bits per heavy atom. The lowest BCUT2D eigenvalue weighted by atomic mass is 9.96. The van der Waals surface area contributed by atoms with Crippen LogP contribution in [0.15, 0.2) is 67.9 Å². The van der Waals surface area contributed by atoms with E-state index in [4.69, 9.17) is 13.9 Å². The lowest BCUT2D eigenvalue weighted by Gasteiger charge is -2.26. The largest absolute Gasteiger partial charge is 0.463 e. The molecule has 4 heterocycles. The summed E-state index contributed by atoms with van der Waals surface area (Å²) in [4.78, 5) is 33.7. The van der Waals surface area contributed by atoms with Crippen LogP contribution >= 0.6 is 11.3 Å². The molecule has 0 bridgehead atoms. The molecule has 9 heteroatoms. The summed E-state index contributed by atoms with van der Waals surface area (Å²) in [5, 5.41) is 0. The van der Waals surface area contributed by atoms with Crippen LogP contribution in [-0.2, 0) is 14.3 Å². The number of hydrogen-bond donors (Lipinski definition) is 0. The lowest BCUT2D eigenvalue weighted by Crippen LogP contribution is -2.39. The number of hydrogen-bond acceptors (Lipinski definition) is 8. The van der Waals surface area contributed by atoms with Crippen molar-refractivity contribution in [2.24, 2.45) is 4.99 Å². The number of carbonyl (C=O) groups excluding carboxylic acids is 1. The van der Waals surface area contributed by atoms with Crippen molar-refractivity contribution in [1.29, 1.82) is 0 Å². The maximum absolute atomic E-state index is 13.6. The normalized spacial score (nSPS) is 18.6. The van der Waals surface area contributed by atoms with Crippen molar-refractivity contribution in [3.05, 3.63) is 84.7 Å². The second-order valence-corrected chi connectivity index (χ2v) is 9.00. The first-order chi connectivity index (χ1) is 16.6. The number of ether oxygens (including phenoxy) is 2. The summed E-state index contributed by atoms with van der Waals surface area (Å²) in [5.74, 6) is 0.877. The summed E-state index contributed by atoms with van der Waals surface area (Å²) in [6, 6.07) is 12.6. The van der Waals surface area contributed by atoms with Gasteiger partial charge >= 0.3 is 5.97 Å². The maximum Gasteiger partial charge on any atom is 0.338 e. The van der Waals surface area contributed by atoms with Crippen LogP contribution in [0.3, 0.4) is 0 Å². The molecular weight excluding hydrogens is 454 g/mol. The molecule has 1 aromatic carbocycles. The van der Waals surface area contributed by atoms with E-state index in [0.717, 1.165) is 24.5 Å². The minimum atomic E-state index is -0.612. The number of carbonyl (C=O) groups is 1. The minimum absolute atomic E-state index is 0.226. The summed E-state index contributed by atoms with van der Waals surface area (Å²) in [7, 11) is 0. The van der Waals surface area contributed by atoms with E-state index in [0.29, 0.717) is 39.6 Å². The number of anilines is 1. The average molecular weight is 480 g/mol. The monoisotopic (exact) mass is 479 g/mol. The number of morpholine rings is 1. The summed E-state index contributed by atoms with van der Waals surface area (Å²) in [6.45, 7) is 6.64. The molecule has 0 unspecified atom stereocenters. The lowest BCUT2D eigenvalue weighted by molar-refractivity contribution is -0.139. The van der Waals surface area contributed by atoms with Crippen LogP contribution < -0.4 is 19.8 Å². The van der Waals surface area contributed by atoms with E-state index in [2.05, 4.69) is 9.89 Å². The number of rotatable bonds is 5. The standard InChI is InChI=1S/C25H25N3O5S/c1-3-32-24(30)21-16(2)26-25-28(22(21)17-7-5-4-6-8-17)23(29)19(34-25)15-18-9-10-20(33-18)27-11-13-31-14-12-27/h4-10,15,22H,3,11-14H2,1-2H3/b19-15+/t22-/m1/s1. The van der Waals surface area contributed by atoms with Crippen LogP contribution in [0.1, 0.15) is 31.2 Å². The Balaban J connectivity index is 1.60. The summed E-state index contributed by atoms with van der Waals surface area (Å²) < 4.78 is 18.8. The molecule has 1 fully saturated rings. The van der Waals surface area contributed by atoms with E-state index < -0.39 is 12.0 Å². The highest BCUT2D eigenvalue weighted by Gasteiger charge is 2.33. The van der Waals surface area contributed by atoms with Gasteiger partial charge in [0.2, 0.25) is 0 Å². The Kier molecular flexibility index (Phi) is 6.21. The van der Waals surface area contributed by atoms with Crippen molar-refractivity contribution in [2.45, 2.75) is 19.9 Å². The van der Waals surface area contributed by atoms with Crippen LogP contribution in [0.2, 0.25) is 0 Å². The second-order valence-electron chi connectivity index (χ2n) is 7.99. The molecule has 2 aliphatic heterocycles. The Bertz CT molecular complexity index is 1410. The number of furan rings is 1. The number of aromatic nitrogens is 1. The molecule has 5 rings (SSSR count). The van der Waals surface area contributed by atoms with Crippen molar-refractivity contribution < 1.29 is 18.7 Å². The van der Waals surface area contributed by atoms with Gasteiger partial charge in [0.25, 0.3) is 5.56 Å². The highest BCUT2D eigenvalue weighted by atomic mass is 32.1. The van der Waals surface area contributed by atoms with Crippen LogP contribution in [-0.4, -0.2) is 43.4 Å². The van der Waals surface area contributed by atoms with E-state index in [1.807, 2.05) is 42.5 Å². The average Bonchev–Trinajstić information content (AvgIpc) is 3.44. The van der Waals surface area contributed by atoms with Crippen molar-refractivity contribution >= 4 is 29.3 Å². The number of thiazole rings is 1. The van der Waals surface area contributed by atoms with Crippen LogP contribution in [0.5, 0.6) is 0 Å². The molecule has 0 radical (unpaired) electrons. The van der Waals surface area contributed by atoms with Crippen LogP contribution in [0.25, 0.3) is 6.08 Å². The number of fused-ring (bicyclic) bond motifs is 1. The number of allylic oxidation sites excluding steroid dienone is 1. The SMILES string of the molecule is CCOC(=O)C1=C(C)N=c2s/c(=C/c3ccc(N4CCOCC4)o3)c(=O)n2[C@@H]1c1ccccc1. The summed E-state index contributed by atoms with van der Waals surface area (Å²) in [5.41, 5.74) is 1.52. The highest BCUT2D eigenvalue weighted by Crippen LogP contribution is 2.30. The molecule has 0 amide bonds. The van der Waals surface area contributed by atoms with E-state index in [-0.39, 0.29) is 12.2 Å². The highest BCUT2D eigenvalue weighted by molar-refractivity contribution is 7.07.